The van der Waals surface area contributed by atoms with Crippen molar-refractivity contribution in [1.29, 1.82) is 0 Å². The van der Waals surface area contributed by atoms with Gasteiger partial charge in [0.15, 0.2) is 6.29 Å². The Bertz CT molecular complexity index is 658. The summed E-state index contributed by atoms with van der Waals surface area (Å²) in [5.41, 5.74) is 1.60. The van der Waals surface area contributed by atoms with E-state index in [0.717, 1.165) is 5.69 Å². The number of hydrogen-bond acceptors (Lipinski definition) is 4. The van der Waals surface area contributed by atoms with Gasteiger partial charge in [0.25, 0.3) is 5.91 Å². The van der Waals surface area contributed by atoms with E-state index in [1.165, 1.54) is 4.90 Å². The Morgan fingerprint density at radius 3 is 2.52 bits per heavy atom. The first-order chi connectivity index (χ1) is 11.1. The number of aliphatic hydroxyl groups is 1. The Hall–Kier alpha value is -2.66. The molecule has 0 aliphatic carbocycles. The van der Waals surface area contributed by atoms with Crippen LogP contribution in [-0.2, 0) is 0 Å². The second-order valence-electron chi connectivity index (χ2n) is 5.29. The van der Waals surface area contributed by atoms with E-state index in [9.17, 15) is 14.7 Å². The minimum Gasteiger partial charge on any atom is -0.389 e. The molecule has 0 aromatic heterocycles. The molecule has 0 aliphatic heterocycles. The van der Waals surface area contributed by atoms with Crippen LogP contribution in [-0.4, -0.2) is 48.4 Å². The lowest BCUT2D eigenvalue weighted by Crippen LogP contribution is -2.37. The van der Waals surface area contributed by atoms with Gasteiger partial charge in [-0.3, -0.25) is 9.59 Å². The van der Waals surface area contributed by atoms with E-state index in [4.69, 9.17) is 0 Å². The molecule has 2 aromatic carbocycles. The minimum atomic E-state index is -0.715. The number of nitrogens with zero attached hydrogens (tertiary/aromatic N) is 1. The van der Waals surface area contributed by atoms with Crippen LogP contribution in [0.25, 0.3) is 0 Å². The number of rotatable bonds is 7. The van der Waals surface area contributed by atoms with Crippen LogP contribution in [0.2, 0.25) is 0 Å². The van der Waals surface area contributed by atoms with Crippen molar-refractivity contribution in [1.82, 2.24) is 4.90 Å². The van der Waals surface area contributed by atoms with Gasteiger partial charge >= 0.3 is 0 Å². The van der Waals surface area contributed by atoms with Crippen LogP contribution in [0, 0.1) is 0 Å². The van der Waals surface area contributed by atoms with Gasteiger partial charge in [-0.1, -0.05) is 36.4 Å². The monoisotopic (exact) mass is 312 g/mol. The number of carbonyl (C=O) groups excluding carboxylic acids is 2. The van der Waals surface area contributed by atoms with Crippen LogP contribution in [0.3, 0.4) is 0 Å². The fraction of sp³-hybridized carbons (Fsp3) is 0.222. The lowest BCUT2D eigenvalue weighted by atomic mass is 10.1. The fourth-order valence-corrected chi connectivity index (χ4v) is 2.26. The van der Waals surface area contributed by atoms with E-state index in [2.05, 4.69) is 5.32 Å². The number of nitrogens with one attached hydrogen (secondary N) is 1. The summed E-state index contributed by atoms with van der Waals surface area (Å²) < 4.78 is 0. The maximum atomic E-state index is 12.4. The second kappa shape index (κ2) is 8.10. The van der Waals surface area contributed by atoms with Crippen molar-refractivity contribution >= 4 is 17.9 Å². The predicted molar refractivity (Wildman–Crippen MR) is 89.7 cm³/mol. The van der Waals surface area contributed by atoms with Crippen LogP contribution in [0.5, 0.6) is 0 Å². The van der Waals surface area contributed by atoms with Gasteiger partial charge in [0, 0.05) is 31.4 Å². The Morgan fingerprint density at radius 1 is 1.17 bits per heavy atom. The number of aldehydes is 1. The smallest absolute Gasteiger partial charge is 0.254 e. The molecule has 0 spiro atoms. The van der Waals surface area contributed by atoms with Crippen molar-refractivity contribution < 1.29 is 14.7 Å². The van der Waals surface area contributed by atoms with Crippen LogP contribution < -0.4 is 5.32 Å². The number of carbonyl (C=O) groups is 2. The van der Waals surface area contributed by atoms with Crippen molar-refractivity contribution in [2.75, 3.05) is 25.5 Å². The first kappa shape index (κ1) is 16.7. The first-order valence-corrected chi connectivity index (χ1v) is 7.38. The van der Waals surface area contributed by atoms with Gasteiger partial charge in [0.1, 0.15) is 0 Å². The van der Waals surface area contributed by atoms with Gasteiger partial charge in [0.05, 0.1) is 11.7 Å². The third-order valence-corrected chi connectivity index (χ3v) is 3.47. The molecule has 0 fully saturated rings. The van der Waals surface area contributed by atoms with Crippen molar-refractivity contribution in [2.24, 2.45) is 0 Å². The lowest BCUT2D eigenvalue weighted by Gasteiger charge is -2.22. The number of aliphatic hydroxyl groups excluding tert-OH is 1. The zero-order valence-electron chi connectivity index (χ0n) is 13.0. The number of para-hydroxylation sites is 1. The molecule has 2 aromatic rings. The molecule has 23 heavy (non-hydrogen) atoms. The van der Waals surface area contributed by atoms with Gasteiger partial charge in [-0.2, -0.15) is 0 Å². The fourth-order valence-electron chi connectivity index (χ4n) is 2.26. The maximum Gasteiger partial charge on any atom is 0.254 e. The average molecular weight is 312 g/mol. The highest BCUT2D eigenvalue weighted by molar-refractivity contribution is 6.01. The molecular weight excluding hydrogens is 292 g/mol. The summed E-state index contributed by atoms with van der Waals surface area (Å²) in [7, 11) is 1.61. The summed E-state index contributed by atoms with van der Waals surface area (Å²) in [6.07, 6.45) is -0.0541. The van der Waals surface area contributed by atoms with Crippen molar-refractivity contribution in [3.8, 4) is 0 Å². The molecule has 1 amide bonds. The number of benzene rings is 2. The Kier molecular flexibility index (Phi) is 5.88. The van der Waals surface area contributed by atoms with Crippen LogP contribution in [0.15, 0.2) is 54.6 Å². The number of amides is 1. The predicted octanol–water partition coefficient (Wildman–Crippen LogP) is 2.04. The quantitative estimate of drug-likeness (QED) is 0.768. The molecule has 0 bridgehead atoms. The molecule has 0 aliphatic rings. The summed E-state index contributed by atoms with van der Waals surface area (Å²) in [5, 5.41) is 13.2. The van der Waals surface area contributed by atoms with Gasteiger partial charge in [-0.05, 0) is 18.2 Å². The topological polar surface area (TPSA) is 69.6 Å². The van der Waals surface area contributed by atoms with Gasteiger partial charge in [0.2, 0.25) is 0 Å². The average Bonchev–Trinajstić information content (AvgIpc) is 2.60. The molecule has 120 valence electrons. The first-order valence-electron chi connectivity index (χ1n) is 7.38. The highest BCUT2D eigenvalue weighted by Crippen LogP contribution is 2.10. The Balaban J connectivity index is 1.91. The van der Waals surface area contributed by atoms with E-state index in [0.29, 0.717) is 24.0 Å². The summed E-state index contributed by atoms with van der Waals surface area (Å²) in [6.45, 7) is 0.503. The summed E-state index contributed by atoms with van der Waals surface area (Å²) in [6, 6.07) is 16.2. The third kappa shape index (κ3) is 4.66. The summed E-state index contributed by atoms with van der Waals surface area (Å²) in [4.78, 5) is 24.8. The van der Waals surface area contributed by atoms with Crippen molar-refractivity contribution in [2.45, 2.75) is 6.10 Å². The molecule has 0 heterocycles. The normalized spacial score (nSPS) is 11.6. The van der Waals surface area contributed by atoms with Gasteiger partial charge in [-0.25, -0.2) is 0 Å². The number of hydrogen-bond donors (Lipinski definition) is 2. The largest absolute Gasteiger partial charge is 0.389 e. The minimum absolute atomic E-state index is 0.172. The Morgan fingerprint density at radius 2 is 1.83 bits per heavy atom. The van der Waals surface area contributed by atoms with Crippen LogP contribution in [0.4, 0.5) is 5.69 Å². The molecular formula is C18H20N2O3. The van der Waals surface area contributed by atoms with Crippen molar-refractivity contribution in [3.05, 3.63) is 65.7 Å². The number of likely N-dealkylation sites (N-methyl/N-ethyl adjacent to an activating group) is 1. The van der Waals surface area contributed by atoms with Gasteiger partial charge < -0.3 is 15.3 Å². The molecule has 2 N–H and O–H groups in total. The van der Waals surface area contributed by atoms with E-state index >= 15 is 0 Å². The molecule has 5 heteroatoms. The molecule has 0 radical (unpaired) electrons. The molecule has 5 nitrogen and oxygen atoms in total. The molecule has 0 saturated carbocycles. The van der Waals surface area contributed by atoms with Gasteiger partial charge in [-0.15, -0.1) is 0 Å². The van der Waals surface area contributed by atoms with E-state index in [-0.39, 0.29) is 12.5 Å². The SMILES string of the molecule is CN(CC(O)CNc1ccccc1)C(=O)c1ccccc1C=O. The van der Waals surface area contributed by atoms with Crippen LogP contribution >= 0.6 is 0 Å². The van der Waals surface area contributed by atoms with Crippen molar-refractivity contribution in [3.63, 3.8) is 0 Å². The lowest BCUT2D eigenvalue weighted by molar-refractivity contribution is 0.0695. The zero-order chi connectivity index (χ0) is 16.7. The molecule has 0 saturated heterocycles. The number of anilines is 1. The Labute approximate surface area is 135 Å². The van der Waals surface area contributed by atoms with E-state index in [1.54, 1.807) is 31.3 Å². The summed E-state index contributed by atoms with van der Waals surface area (Å²) >= 11 is 0. The van der Waals surface area contributed by atoms with E-state index in [1.807, 2.05) is 30.3 Å². The highest BCUT2D eigenvalue weighted by Gasteiger charge is 2.17. The molecule has 1 unspecified atom stereocenters. The molecule has 2 rings (SSSR count). The van der Waals surface area contributed by atoms with Crippen LogP contribution in [0.1, 0.15) is 20.7 Å². The summed E-state index contributed by atoms with van der Waals surface area (Å²) in [5.74, 6) is -0.286. The highest BCUT2D eigenvalue weighted by atomic mass is 16.3. The second-order valence-corrected chi connectivity index (χ2v) is 5.29. The maximum absolute atomic E-state index is 12.4. The molecule has 1 atom stereocenters. The zero-order valence-corrected chi connectivity index (χ0v) is 13.0. The standard InChI is InChI=1S/C18H20N2O3/c1-20(18(23)17-10-6-5-7-14(17)13-21)12-16(22)11-19-15-8-3-2-4-9-15/h2-10,13,16,19,22H,11-12H2,1H3. The third-order valence-electron chi connectivity index (χ3n) is 3.47. The van der Waals surface area contributed by atoms with E-state index < -0.39 is 6.10 Å².